The Kier molecular flexibility index (Phi) is 4.24. The normalized spacial score (nSPS) is 15.7. The summed E-state index contributed by atoms with van der Waals surface area (Å²) in [4.78, 5) is 12.8. The number of fused-ring (bicyclic) bond motifs is 3. The summed E-state index contributed by atoms with van der Waals surface area (Å²) in [7, 11) is 1.40. The first-order valence-electron chi connectivity index (χ1n) is 8.16. The predicted octanol–water partition coefficient (Wildman–Crippen LogP) is 3.49. The molecule has 0 radical (unpaired) electrons. The Bertz CT molecular complexity index is 1260. The third-order valence-corrected chi connectivity index (χ3v) is 5.18. The summed E-state index contributed by atoms with van der Waals surface area (Å²) in [5.41, 5.74) is 6.46. The van der Waals surface area contributed by atoms with Crippen LogP contribution in [0.5, 0.6) is 17.2 Å². The van der Waals surface area contributed by atoms with Gasteiger partial charge in [0.1, 0.15) is 17.2 Å². The van der Waals surface area contributed by atoms with Gasteiger partial charge in [-0.2, -0.15) is 5.26 Å². The van der Waals surface area contributed by atoms with Crippen molar-refractivity contribution in [1.29, 1.82) is 5.26 Å². The van der Waals surface area contributed by atoms with E-state index >= 15 is 0 Å². The maximum absolute atomic E-state index is 12.8. The second-order valence-electron chi connectivity index (χ2n) is 6.11. The van der Waals surface area contributed by atoms with E-state index in [2.05, 4.69) is 15.9 Å². The van der Waals surface area contributed by atoms with Crippen LogP contribution in [-0.4, -0.2) is 12.2 Å². The molecule has 0 bridgehead atoms. The molecule has 8 heteroatoms. The number of rotatable bonds is 2. The molecule has 0 fully saturated rings. The number of nitriles is 1. The van der Waals surface area contributed by atoms with Crippen molar-refractivity contribution in [3.8, 4) is 23.3 Å². The van der Waals surface area contributed by atoms with Crippen LogP contribution in [0, 0.1) is 11.3 Å². The molecule has 1 unspecified atom stereocenters. The van der Waals surface area contributed by atoms with E-state index in [1.165, 1.54) is 7.11 Å². The molecule has 1 aromatic heterocycles. The number of hydrogen-bond acceptors (Lipinski definition) is 7. The number of nitrogens with two attached hydrogens (primary N) is 1. The van der Waals surface area contributed by atoms with Crippen molar-refractivity contribution in [2.45, 2.75) is 5.92 Å². The zero-order valence-corrected chi connectivity index (χ0v) is 16.1. The van der Waals surface area contributed by atoms with Crippen molar-refractivity contribution in [3.63, 3.8) is 0 Å². The molecule has 3 N–H and O–H groups in total. The molecule has 2 heterocycles. The van der Waals surface area contributed by atoms with E-state index < -0.39 is 11.5 Å². The van der Waals surface area contributed by atoms with Crippen molar-refractivity contribution in [2.75, 3.05) is 7.11 Å². The summed E-state index contributed by atoms with van der Waals surface area (Å²) in [6, 6.07) is 12.1. The lowest BCUT2D eigenvalue weighted by Crippen LogP contribution is -2.26. The van der Waals surface area contributed by atoms with E-state index in [4.69, 9.17) is 19.6 Å². The number of aromatic hydroxyl groups is 1. The van der Waals surface area contributed by atoms with Crippen LogP contribution < -0.4 is 20.8 Å². The highest BCUT2D eigenvalue weighted by molar-refractivity contribution is 9.10. The monoisotopic (exact) mass is 440 g/mol. The van der Waals surface area contributed by atoms with Crippen molar-refractivity contribution in [1.82, 2.24) is 0 Å². The second kappa shape index (κ2) is 6.62. The molecule has 0 spiro atoms. The lowest BCUT2D eigenvalue weighted by atomic mass is 9.83. The summed E-state index contributed by atoms with van der Waals surface area (Å²) < 4.78 is 16.7. The third-order valence-electron chi connectivity index (χ3n) is 4.58. The summed E-state index contributed by atoms with van der Waals surface area (Å²) in [5, 5.41) is 20.4. The highest BCUT2D eigenvalue weighted by Crippen LogP contribution is 2.46. The van der Waals surface area contributed by atoms with Crippen LogP contribution in [0.4, 0.5) is 0 Å². The summed E-state index contributed by atoms with van der Waals surface area (Å²) >= 11 is 3.27. The van der Waals surface area contributed by atoms with E-state index in [-0.39, 0.29) is 34.3 Å². The maximum Gasteiger partial charge on any atom is 0.344 e. The Morgan fingerprint density at radius 2 is 2.07 bits per heavy atom. The third kappa shape index (κ3) is 2.60. The van der Waals surface area contributed by atoms with Crippen LogP contribution in [-0.2, 0) is 0 Å². The van der Waals surface area contributed by atoms with Crippen molar-refractivity contribution in [2.24, 2.45) is 5.73 Å². The van der Waals surface area contributed by atoms with Crippen molar-refractivity contribution in [3.05, 3.63) is 73.9 Å². The van der Waals surface area contributed by atoms with E-state index in [9.17, 15) is 15.2 Å². The summed E-state index contributed by atoms with van der Waals surface area (Å²) in [6.07, 6.45) is 0. The minimum absolute atomic E-state index is 0.0646. The van der Waals surface area contributed by atoms with Gasteiger partial charge in [-0.05, 0) is 45.8 Å². The quantitative estimate of drug-likeness (QED) is 0.585. The van der Waals surface area contributed by atoms with Crippen LogP contribution in [0.2, 0.25) is 0 Å². The molecule has 3 aromatic rings. The number of para-hydroxylation sites is 1. The lowest BCUT2D eigenvalue weighted by Gasteiger charge is -2.26. The highest BCUT2D eigenvalue weighted by atomic mass is 79.9. The number of allylic oxidation sites excluding steroid dienone is 1. The van der Waals surface area contributed by atoms with Crippen LogP contribution >= 0.6 is 15.9 Å². The fourth-order valence-electron chi connectivity index (χ4n) is 3.32. The Morgan fingerprint density at radius 3 is 2.79 bits per heavy atom. The molecule has 7 nitrogen and oxygen atoms in total. The lowest BCUT2D eigenvalue weighted by molar-refractivity contribution is 0.370. The van der Waals surface area contributed by atoms with Gasteiger partial charge in [0.15, 0.2) is 17.2 Å². The molecule has 0 saturated carbocycles. The zero-order chi connectivity index (χ0) is 20.0. The summed E-state index contributed by atoms with van der Waals surface area (Å²) in [5.74, 6) is -0.617. The standard InChI is InChI=1S/C20H13BrN2O5/c1-26-14-7-9(6-12(21)17(14)24)15-11(8-22)19(23)28-18-10-4-2-3-5-13(10)27-20(25)16(15)18/h2-7,15,24H,23H2,1H3. The Morgan fingerprint density at radius 1 is 1.32 bits per heavy atom. The first-order valence-corrected chi connectivity index (χ1v) is 8.95. The topological polar surface area (TPSA) is 119 Å². The summed E-state index contributed by atoms with van der Waals surface area (Å²) in [6.45, 7) is 0. The number of nitrogens with zero attached hydrogens (tertiary/aromatic N) is 1. The predicted molar refractivity (Wildman–Crippen MR) is 104 cm³/mol. The number of benzene rings is 2. The molecular weight excluding hydrogens is 428 g/mol. The second-order valence-corrected chi connectivity index (χ2v) is 6.96. The Labute approximate surface area is 167 Å². The van der Waals surface area contributed by atoms with Crippen molar-refractivity contribution < 1.29 is 19.0 Å². The van der Waals surface area contributed by atoms with Gasteiger partial charge in [-0.3, -0.25) is 0 Å². The van der Waals surface area contributed by atoms with Gasteiger partial charge in [0, 0.05) is 0 Å². The van der Waals surface area contributed by atoms with Gasteiger partial charge in [-0.25, -0.2) is 4.79 Å². The van der Waals surface area contributed by atoms with Gasteiger partial charge in [0.2, 0.25) is 5.88 Å². The SMILES string of the molecule is COc1cc(C2C(C#N)=C(N)Oc3c2c(=O)oc2ccccc32)cc(Br)c1O. The Hall–Kier alpha value is -3.44. The number of phenolic OH excluding ortho intramolecular Hbond substituents is 1. The Balaban J connectivity index is 2.09. The van der Waals surface area contributed by atoms with Crippen LogP contribution in [0.1, 0.15) is 17.0 Å². The van der Waals surface area contributed by atoms with Crippen LogP contribution in [0.25, 0.3) is 11.0 Å². The van der Waals surface area contributed by atoms with Gasteiger partial charge >= 0.3 is 5.63 Å². The fraction of sp³-hybridized carbons (Fsp3) is 0.100. The molecule has 28 heavy (non-hydrogen) atoms. The van der Waals surface area contributed by atoms with E-state index in [1.54, 1.807) is 36.4 Å². The molecule has 0 aliphatic carbocycles. The smallest absolute Gasteiger partial charge is 0.344 e. The maximum atomic E-state index is 12.8. The molecule has 2 aromatic carbocycles. The number of ether oxygens (including phenoxy) is 2. The number of methoxy groups -OCH3 is 1. The molecule has 0 amide bonds. The molecule has 140 valence electrons. The molecule has 1 aliphatic heterocycles. The molecule has 1 aliphatic rings. The molecule has 1 atom stereocenters. The van der Waals surface area contributed by atoms with Gasteiger partial charge < -0.3 is 24.7 Å². The van der Waals surface area contributed by atoms with Crippen LogP contribution in [0.15, 0.2) is 61.5 Å². The first kappa shape index (κ1) is 17.9. The minimum Gasteiger partial charge on any atom is -0.503 e. The van der Waals surface area contributed by atoms with Gasteiger partial charge in [-0.1, -0.05) is 12.1 Å². The fourth-order valence-corrected chi connectivity index (χ4v) is 3.78. The molecule has 4 rings (SSSR count). The van der Waals surface area contributed by atoms with Gasteiger partial charge in [0.25, 0.3) is 0 Å². The largest absolute Gasteiger partial charge is 0.503 e. The zero-order valence-electron chi connectivity index (χ0n) is 14.5. The highest BCUT2D eigenvalue weighted by Gasteiger charge is 2.36. The minimum atomic E-state index is -0.847. The first-order chi connectivity index (χ1) is 13.5. The van der Waals surface area contributed by atoms with E-state index in [1.807, 2.05) is 6.07 Å². The van der Waals surface area contributed by atoms with Crippen LogP contribution in [0.3, 0.4) is 0 Å². The average molecular weight is 441 g/mol. The average Bonchev–Trinajstić information content (AvgIpc) is 2.69. The molecular formula is C20H13BrN2O5. The van der Waals surface area contributed by atoms with E-state index in [0.717, 1.165) is 0 Å². The van der Waals surface area contributed by atoms with Gasteiger partial charge in [-0.15, -0.1) is 0 Å². The van der Waals surface area contributed by atoms with Crippen molar-refractivity contribution >= 4 is 26.9 Å². The number of hydrogen-bond donors (Lipinski definition) is 2. The molecule has 0 saturated heterocycles. The van der Waals surface area contributed by atoms with Gasteiger partial charge in [0.05, 0.1) is 28.5 Å². The number of halogens is 1. The van der Waals surface area contributed by atoms with E-state index in [0.29, 0.717) is 21.0 Å². The number of phenols is 1.